The van der Waals surface area contributed by atoms with Crippen molar-refractivity contribution in [2.45, 2.75) is 52.5 Å². The Kier molecular flexibility index (Phi) is 4.25. The summed E-state index contributed by atoms with van der Waals surface area (Å²) in [4.78, 5) is 4.87. The van der Waals surface area contributed by atoms with Gasteiger partial charge in [-0.05, 0) is 31.1 Å². The van der Waals surface area contributed by atoms with Crippen molar-refractivity contribution in [3.8, 4) is 0 Å². The standard InChI is InChI=1S/C16H25ClN4/c1-4-5-13-15-16(20(3)19-13)21(14(18-15)8-9-17)10-11(2)12-6-7-12/h11-12H,4-10H2,1-3H3. The minimum atomic E-state index is 0.623. The Morgan fingerprint density at radius 3 is 2.71 bits per heavy atom. The lowest BCUT2D eigenvalue weighted by Crippen LogP contribution is -2.14. The summed E-state index contributed by atoms with van der Waals surface area (Å²) in [5, 5.41) is 4.67. The van der Waals surface area contributed by atoms with E-state index in [0.717, 1.165) is 48.8 Å². The van der Waals surface area contributed by atoms with E-state index in [9.17, 15) is 0 Å². The predicted octanol–water partition coefficient (Wildman–Crippen LogP) is 3.55. The van der Waals surface area contributed by atoms with Gasteiger partial charge in [-0.3, -0.25) is 4.68 Å². The van der Waals surface area contributed by atoms with Crippen LogP contribution in [0.15, 0.2) is 0 Å². The molecule has 1 unspecified atom stereocenters. The van der Waals surface area contributed by atoms with E-state index >= 15 is 0 Å². The van der Waals surface area contributed by atoms with Crippen LogP contribution in [0.3, 0.4) is 0 Å². The summed E-state index contributed by atoms with van der Waals surface area (Å²) in [7, 11) is 2.03. The molecule has 116 valence electrons. The zero-order valence-corrected chi connectivity index (χ0v) is 14.0. The van der Waals surface area contributed by atoms with E-state index in [1.165, 1.54) is 18.5 Å². The number of imidazole rings is 1. The number of aryl methyl sites for hydroxylation is 3. The average Bonchev–Trinajstić information content (AvgIpc) is 3.18. The van der Waals surface area contributed by atoms with Crippen LogP contribution in [0, 0.1) is 11.8 Å². The van der Waals surface area contributed by atoms with E-state index in [1.807, 2.05) is 11.7 Å². The van der Waals surface area contributed by atoms with Crippen molar-refractivity contribution < 1.29 is 0 Å². The molecule has 1 fully saturated rings. The third-order valence-corrected chi connectivity index (χ3v) is 4.76. The Bertz CT molecular complexity index is 624. The lowest BCUT2D eigenvalue weighted by atomic mass is 10.1. The highest BCUT2D eigenvalue weighted by molar-refractivity contribution is 6.17. The fraction of sp³-hybridized carbons (Fsp3) is 0.750. The number of nitrogens with zero attached hydrogens (tertiary/aromatic N) is 4. The van der Waals surface area contributed by atoms with Crippen LogP contribution < -0.4 is 0 Å². The van der Waals surface area contributed by atoms with Crippen LogP contribution in [-0.4, -0.2) is 25.2 Å². The van der Waals surface area contributed by atoms with Crippen LogP contribution in [0.1, 0.15) is 44.6 Å². The normalized spacial score (nSPS) is 16.8. The van der Waals surface area contributed by atoms with Crippen LogP contribution in [-0.2, 0) is 26.4 Å². The molecular weight excluding hydrogens is 284 g/mol. The molecule has 0 aliphatic heterocycles. The zero-order valence-electron chi connectivity index (χ0n) is 13.3. The van der Waals surface area contributed by atoms with Gasteiger partial charge in [0.15, 0.2) is 5.65 Å². The fourth-order valence-corrected chi connectivity index (χ4v) is 3.43. The molecule has 2 heterocycles. The van der Waals surface area contributed by atoms with Crippen LogP contribution >= 0.6 is 11.6 Å². The first-order valence-corrected chi connectivity index (χ1v) is 8.66. The fourth-order valence-electron chi connectivity index (χ4n) is 3.26. The summed E-state index contributed by atoms with van der Waals surface area (Å²) >= 11 is 5.98. The molecule has 2 aromatic heterocycles. The largest absolute Gasteiger partial charge is 0.313 e. The van der Waals surface area contributed by atoms with Gasteiger partial charge in [0.25, 0.3) is 0 Å². The van der Waals surface area contributed by atoms with Crippen molar-refractivity contribution >= 4 is 22.8 Å². The minimum absolute atomic E-state index is 0.623. The van der Waals surface area contributed by atoms with E-state index in [2.05, 4.69) is 23.5 Å². The Hall–Kier alpha value is -1.03. The van der Waals surface area contributed by atoms with Crippen LogP contribution in [0.5, 0.6) is 0 Å². The molecule has 4 nitrogen and oxygen atoms in total. The van der Waals surface area contributed by atoms with Gasteiger partial charge in [-0.25, -0.2) is 4.98 Å². The zero-order chi connectivity index (χ0) is 15.0. The lowest BCUT2D eigenvalue weighted by Gasteiger charge is -2.14. The topological polar surface area (TPSA) is 35.6 Å². The van der Waals surface area contributed by atoms with Gasteiger partial charge < -0.3 is 4.57 Å². The van der Waals surface area contributed by atoms with Crippen LogP contribution in [0.4, 0.5) is 0 Å². The van der Waals surface area contributed by atoms with E-state index in [1.54, 1.807) is 0 Å². The second kappa shape index (κ2) is 5.99. The predicted molar refractivity (Wildman–Crippen MR) is 86.8 cm³/mol. The van der Waals surface area contributed by atoms with Gasteiger partial charge in [0, 0.05) is 25.9 Å². The molecule has 2 aromatic rings. The number of alkyl halides is 1. The van der Waals surface area contributed by atoms with Crippen molar-refractivity contribution in [1.82, 2.24) is 19.3 Å². The number of fused-ring (bicyclic) bond motifs is 1. The van der Waals surface area contributed by atoms with Gasteiger partial charge in [0.05, 0.1) is 5.69 Å². The van der Waals surface area contributed by atoms with Gasteiger partial charge in [-0.15, -0.1) is 11.6 Å². The molecule has 0 spiro atoms. The molecule has 0 bridgehead atoms. The third kappa shape index (κ3) is 2.83. The second-order valence-electron chi connectivity index (χ2n) is 6.38. The van der Waals surface area contributed by atoms with E-state index in [0.29, 0.717) is 11.8 Å². The molecule has 1 saturated carbocycles. The first kappa shape index (κ1) is 14.9. The summed E-state index contributed by atoms with van der Waals surface area (Å²) in [6.45, 7) is 5.59. The SMILES string of the molecule is CCCc1nn(C)c2c1nc(CCCl)n2CC(C)C1CC1. The van der Waals surface area contributed by atoms with Crippen molar-refractivity contribution in [2.75, 3.05) is 5.88 Å². The molecule has 21 heavy (non-hydrogen) atoms. The highest BCUT2D eigenvalue weighted by Gasteiger charge is 2.29. The number of rotatable bonds is 7. The summed E-state index contributed by atoms with van der Waals surface area (Å²) in [6.07, 6.45) is 5.70. The number of halogens is 1. The van der Waals surface area contributed by atoms with Crippen molar-refractivity contribution in [3.63, 3.8) is 0 Å². The number of aromatic nitrogens is 4. The number of hydrogen-bond acceptors (Lipinski definition) is 2. The molecule has 0 amide bonds. The van der Waals surface area contributed by atoms with Gasteiger partial charge >= 0.3 is 0 Å². The van der Waals surface area contributed by atoms with E-state index < -0.39 is 0 Å². The molecule has 0 aromatic carbocycles. The summed E-state index contributed by atoms with van der Waals surface area (Å²) in [5.74, 6) is 3.35. The first-order valence-electron chi connectivity index (χ1n) is 8.12. The summed E-state index contributed by atoms with van der Waals surface area (Å²) < 4.78 is 4.37. The lowest BCUT2D eigenvalue weighted by molar-refractivity contribution is 0.425. The first-order chi connectivity index (χ1) is 10.2. The Labute approximate surface area is 131 Å². The van der Waals surface area contributed by atoms with Gasteiger partial charge in [0.1, 0.15) is 11.3 Å². The second-order valence-corrected chi connectivity index (χ2v) is 6.76. The van der Waals surface area contributed by atoms with Crippen molar-refractivity contribution in [2.24, 2.45) is 18.9 Å². The maximum Gasteiger partial charge on any atom is 0.158 e. The maximum atomic E-state index is 5.98. The van der Waals surface area contributed by atoms with Gasteiger partial charge in [-0.2, -0.15) is 5.10 Å². The van der Waals surface area contributed by atoms with Crippen LogP contribution in [0.2, 0.25) is 0 Å². The molecule has 1 aliphatic rings. The Morgan fingerprint density at radius 1 is 1.33 bits per heavy atom. The molecule has 3 rings (SSSR count). The third-order valence-electron chi connectivity index (χ3n) is 4.57. The molecule has 0 N–H and O–H groups in total. The Morgan fingerprint density at radius 2 is 2.10 bits per heavy atom. The smallest absolute Gasteiger partial charge is 0.158 e. The van der Waals surface area contributed by atoms with E-state index in [-0.39, 0.29) is 0 Å². The van der Waals surface area contributed by atoms with Gasteiger partial charge in [-0.1, -0.05) is 20.3 Å². The molecule has 5 heteroatoms. The maximum absolute atomic E-state index is 5.98. The highest BCUT2D eigenvalue weighted by atomic mass is 35.5. The average molecular weight is 309 g/mol. The molecular formula is C16H25ClN4. The molecule has 0 radical (unpaired) electrons. The summed E-state index contributed by atoms with van der Waals surface area (Å²) in [6, 6.07) is 0. The van der Waals surface area contributed by atoms with Gasteiger partial charge in [0.2, 0.25) is 0 Å². The minimum Gasteiger partial charge on any atom is -0.313 e. The quantitative estimate of drug-likeness (QED) is 0.733. The van der Waals surface area contributed by atoms with Crippen molar-refractivity contribution in [3.05, 3.63) is 11.5 Å². The van der Waals surface area contributed by atoms with Crippen LogP contribution in [0.25, 0.3) is 11.2 Å². The summed E-state index contributed by atoms with van der Waals surface area (Å²) in [5.41, 5.74) is 3.39. The number of hydrogen-bond donors (Lipinski definition) is 0. The Balaban J connectivity index is 2.02. The highest BCUT2D eigenvalue weighted by Crippen LogP contribution is 2.38. The van der Waals surface area contributed by atoms with Crippen molar-refractivity contribution in [1.29, 1.82) is 0 Å². The molecule has 1 atom stereocenters. The molecule has 0 saturated heterocycles. The molecule has 1 aliphatic carbocycles. The van der Waals surface area contributed by atoms with E-state index in [4.69, 9.17) is 16.6 Å². The monoisotopic (exact) mass is 308 g/mol.